The van der Waals surface area contributed by atoms with E-state index < -0.39 is 0 Å². The molecule has 1 atom stereocenters. The van der Waals surface area contributed by atoms with Gasteiger partial charge in [0.15, 0.2) is 0 Å². The lowest BCUT2D eigenvalue weighted by atomic mass is 9.95. The molecule has 2 aliphatic rings. The summed E-state index contributed by atoms with van der Waals surface area (Å²) in [7, 11) is 0. The number of fused-ring (bicyclic) bond motifs is 1. The molecule has 2 aliphatic heterocycles. The van der Waals surface area contributed by atoms with Crippen LogP contribution in [0.3, 0.4) is 0 Å². The van der Waals surface area contributed by atoms with Crippen molar-refractivity contribution in [1.29, 1.82) is 0 Å². The first-order chi connectivity index (χ1) is 13.7. The number of hydrogen-bond donors (Lipinski definition) is 2. The molecule has 4 rings (SSSR count). The van der Waals surface area contributed by atoms with Crippen LogP contribution in [-0.4, -0.2) is 24.9 Å². The van der Waals surface area contributed by atoms with Crippen molar-refractivity contribution in [2.75, 3.05) is 23.3 Å². The number of nitrogens with zero attached hydrogens (tertiary/aromatic N) is 1. The van der Waals surface area contributed by atoms with Gasteiger partial charge in [-0.25, -0.2) is 0 Å². The summed E-state index contributed by atoms with van der Waals surface area (Å²) in [4.78, 5) is 26.9. The number of nitrogens with one attached hydrogen (secondary N) is 2. The smallest absolute Gasteiger partial charge is 0.232 e. The highest BCUT2D eigenvalue weighted by Crippen LogP contribution is 2.34. The van der Waals surface area contributed by atoms with E-state index in [1.165, 1.54) is 24.9 Å². The highest BCUT2D eigenvalue weighted by molar-refractivity contribution is 6.03. The van der Waals surface area contributed by atoms with Gasteiger partial charge in [0.1, 0.15) is 0 Å². The quantitative estimate of drug-likeness (QED) is 0.805. The van der Waals surface area contributed by atoms with Crippen molar-refractivity contribution in [2.45, 2.75) is 44.6 Å². The van der Waals surface area contributed by atoms with E-state index in [2.05, 4.69) is 33.7 Å². The molecule has 2 aromatic rings. The number of hydrogen-bond acceptors (Lipinski definition) is 3. The van der Waals surface area contributed by atoms with E-state index in [0.717, 1.165) is 29.9 Å². The maximum atomic E-state index is 12.3. The predicted octanol–water partition coefficient (Wildman–Crippen LogP) is 3.81. The van der Waals surface area contributed by atoms with Gasteiger partial charge < -0.3 is 15.5 Å². The first-order valence-corrected chi connectivity index (χ1v) is 10.2. The molecule has 1 saturated heterocycles. The van der Waals surface area contributed by atoms with Crippen LogP contribution in [0.25, 0.3) is 0 Å². The minimum Gasteiger partial charge on any atom is -0.372 e. The van der Waals surface area contributed by atoms with Crippen molar-refractivity contribution in [3.05, 3.63) is 59.7 Å². The van der Waals surface area contributed by atoms with Crippen molar-refractivity contribution in [3.8, 4) is 0 Å². The molecule has 28 heavy (non-hydrogen) atoms. The molecule has 0 aromatic heterocycles. The van der Waals surface area contributed by atoms with Crippen molar-refractivity contribution < 1.29 is 9.59 Å². The maximum Gasteiger partial charge on any atom is 0.232 e. The number of piperidine rings is 1. The summed E-state index contributed by atoms with van der Waals surface area (Å²) < 4.78 is 0. The van der Waals surface area contributed by atoms with E-state index >= 15 is 0 Å². The average Bonchev–Trinajstić information content (AvgIpc) is 3.06. The zero-order valence-electron chi connectivity index (χ0n) is 16.1. The fourth-order valence-electron chi connectivity index (χ4n) is 4.14. The zero-order valence-corrected chi connectivity index (χ0v) is 16.1. The molecule has 0 spiro atoms. The van der Waals surface area contributed by atoms with Crippen LogP contribution in [0.5, 0.6) is 0 Å². The lowest BCUT2D eigenvalue weighted by molar-refractivity contribution is -0.121. The molecule has 1 fully saturated rings. The van der Waals surface area contributed by atoms with E-state index in [9.17, 15) is 9.59 Å². The molecule has 0 radical (unpaired) electrons. The van der Waals surface area contributed by atoms with Crippen molar-refractivity contribution in [1.82, 2.24) is 5.32 Å². The second kappa shape index (κ2) is 8.46. The van der Waals surface area contributed by atoms with Gasteiger partial charge in [-0.1, -0.05) is 30.3 Å². The van der Waals surface area contributed by atoms with Gasteiger partial charge in [-0.15, -0.1) is 0 Å². The van der Waals surface area contributed by atoms with Gasteiger partial charge >= 0.3 is 0 Å². The molecule has 2 N–H and O–H groups in total. The molecular formula is C23H27N3O2. The number of carbonyl (C=O) groups excluding carboxylic acids is 2. The lowest BCUT2D eigenvalue weighted by Gasteiger charge is -2.29. The number of anilines is 2. The van der Waals surface area contributed by atoms with Gasteiger partial charge in [0.05, 0.1) is 5.92 Å². The van der Waals surface area contributed by atoms with Gasteiger partial charge in [0.25, 0.3) is 0 Å². The van der Waals surface area contributed by atoms with Crippen LogP contribution >= 0.6 is 0 Å². The number of benzene rings is 2. The Bertz CT molecular complexity index is 858. The zero-order chi connectivity index (χ0) is 19.3. The first-order valence-electron chi connectivity index (χ1n) is 10.2. The molecule has 146 valence electrons. The lowest BCUT2D eigenvalue weighted by Crippen LogP contribution is -2.29. The van der Waals surface area contributed by atoms with E-state index in [4.69, 9.17) is 0 Å². The number of amides is 2. The average molecular weight is 377 g/mol. The van der Waals surface area contributed by atoms with Crippen LogP contribution in [0.2, 0.25) is 0 Å². The summed E-state index contributed by atoms with van der Waals surface area (Å²) in [5.41, 5.74) is 4.22. The van der Waals surface area contributed by atoms with Crippen LogP contribution < -0.4 is 15.5 Å². The van der Waals surface area contributed by atoms with E-state index in [1.54, 1.807) is 0 Å². The van der Waals surface area contributed by atoms with Gasteiger partial charge in [0, 0.05) is 37.4 Å². The Morgan fingerprint density at radius 1 is 1.07 bits per heavy atom. The van der Waals surface area contributed by atoms with Crippen LogP contribution in [0.4, 0.5) is 11.4 Å². The monoisotopic (exact) mass is 377 g/mol. The Labute approximate surface area is 166 Å². The molecular weight excluding hydrogens is 350 g/mol. The topological polar surface area (TPSA) is 61.4 Å². The van der Waals surface area contributed by atoms with E-state index in [0.29, 0.717) is 19.4 Å². The predicted molar refractivity (Wildman–Crippen MR) is 111 cm³/mol. The largest absolute Gasteiger partial charge is 0.372 e. The molecule has 1 unspecified atom stereocenters. The fraction of sp³-hybridized carbons (Fsp3) is 0.391. The Morgan fingerprint density at radius 3 is 2.75 bits per heavy atom. The van der Waals surface area contributed by atoms with Crippen molar-refractivity contribution in [3.63, 3.8) is 0 Å². The Kier molecular flexibility index (Phi) is 5.60. The third-order valence-corrected chi connectivity index (χ3v) is 5.69. The number of carbonyl (C=O) groups is 2. The first kappa shape index (κ1) is 18.5. The highest BCUT2D eigenvalue weighted by Gasteiger charge is 2.30. The van der Waals surface area contributed by atoms with Gasteiger partial charge in [0.2, 0.25) is 11.8 Å². The third-order valence-electron chi connectivity index (χ3n) is 5.69. The number of para-hydroxylation sites is 1. The summed E-state index contributed by atoms with van der Waals surface area (Å²) in [6.07, 6.45) is 4.69. The molecule has 5 nitrogen and oxygen atoms in total. The van der Waals surface area contributed by atoms with Crippen LogP contribution in [0, 0.1) is 0 Å². The van der Waals surface area contributed by atoms with E-state index in [1.807, 2.05) is 30.3 Å². The normalized spacial score (nSPS) is 18.5. The summed E-state index contributed by atoms with van der Waals surface area (Å²) >= 11 is 0. The Hall–Kier alpha value is -2.82. The maximum absolute atomic E-state index is 12.3. The summed E-state index contributed by atoms with van der Waals surface area (Å²) in [5, 5.41) is 5.89. The van der Waals surface area contributed by atoms with Gasteiger partial charge in [-0.05, 0) is 55.0 Å². The molecule has 5 heteroatoms. The van der Waals surface area contributed by atoms with Crippen molar-refractivity contribution >= 4 is 23.2 Å². The standard InChI is InChI=1S/C23H27N3O2/c27-22(12-11-20-19-9-2-3-10-21(19)25-23(20)28)24-16-17-7-6-8-18(15-17)26-13-4-1-5-14-26/h2-3,6-10,15,20H,1,4-5,11-14,16H2,(H,24,27)(H,25,28). The summed E-state index contributed by atoms with van der Waals surface area (Å²) in [6.45, 7) is 2.75. The Morgan fingerprint density at radius 2 is 1.89 bits per heavy atom. The molecule has 0 bridgehead atoms. The third kappa shape index (κ3) is 4.19. The minimum absolute atomic E-state index is 0.0109. The minimum atomic E-state index is -0.232. The second-order valence-electron chi connectivity index (χ2n) is 7.66. The SMILES string of the molecule is O=C(CCC1C(=O)Nc2ccccc21)NCc1cccc(N2CCCCC2)c1. The summed E-state index contributed by atoms with van der Waals surface area (Å²) in [6, 6.07) is 16.1. The van der Waals surface area contributed by atoms with Crippen LogP contribution in [-0.2, 0) is 16.1 Å². The molecule has 2 heterocycles. The molecule has 0 aliphatic carbocycles. The summed E-state index contributed by atoms with van der Waals surface area (Å²) in [5.74, 6) is -0.256. The van der Waals surface area contributed by atoms with Gasteiger partial charge in [-0.2, -0.15) is 0 Å². The second-order valence-corrected chi connectivity index (χ2v) is 7.66. The molecule has 2 amide bonds. The van der Waals surface area contributed by atoms with Crippen molar-refractivity contribution in [2.24, 2.45) is 0 Å². The van der Waals surface area contributed by atoms with Crippen LogP contribution in [0.15, 0.2) is 48.5 Å². The van der Waals surface area contributed by atoms with Gasteiger partial charge in [-0.3, -0.25) is 9.59 Å². The van der Waals surface area contributed by atoms with Crippen LogP contribution in [0.1, 0.15) is 49.1 Å². The Balaban J connectivity index is 1.29. The fourth-order valence-corrected chi connectivity index (χ4v) is 4.14. The molecule has 0 saturated carbocycles. The number of rotatable bonds is 6. The molecule has 2 aromatic carbocycles. The highest BCUT2D eigenvalue weighted by atomic mass is 16.2. The van der Waals surface area contributed by atoms with E-state index in [-0.39, 0.29) is 17.7 Å².